The molecule has 1 rings (SSSR count). The highest BCUT2D eigenvalue weighted by Crippen LogP contribution is 2.22. The molecule has 1 fully saturated rings. The molecule has 0 aliphatic carbocycles. The van der Waals surface area contributed by atoms with Crippen LogP contribution in [0.25, 0.3) is 0 Å². The second-order valence-corrected chi connectivity index (χ2v) is 7.61. The molecule has 2 unspecified atom stereocenters. The SMILES string of the molecule is CCC(C)CN(C)S(=O)(=O)N1CCCCC1CNC. The van der Waals surface area contributed by atoms with Crippen molar-refractivity contribution in [3.05, 3.63) is 0 Å². The van der Waals surface area contributed by atoms with Crippen LogP contribution in [0.5, 0.6) is 0 Å². The van der Waals surface area contributed by atoms with E-state index < -0.39 is 10.2 Å². The van der Waals surface area contributed by atoms with Crippen LogP contribution in [0.1, 0.15) is 39.5 Å². The number of nitrogens with one attached hydrogen (secondary N) is 1. The van der Waals surface area contributed by atoms with Gasteiger partial charge in [0.2, 0.25) is 0 Å². The van der Waals surface area contributed by atoms with Crippen molar-refractivity contribution in [1.29, 1.82) is 0 Å². The molecule has 5 nitrogen and oxygen atoms in total. The Morgan fingerprint density at radius 3 is 2.68 bits per heavy atom. The molecule has 1 saturated heterocycles. The molecule has 0 amide bonds. The number of hydrogen-bond acceptors (Lipinski definition) is 3. The molecular formula is C13H29N3O2S. The van der Waals surface area contributed by atoms with E-state index in [1.165, 1.54) is 4.31 Å². The largest absolute Gasteiger partial charge is 0.318 e. The van der Waals surface area contributed by atoms with Crippen LogP contribution in [0, 0.1) is 5.92 Å². The molecule has 1 heterocycles. The summed E-state index contributed by atoms with van der Waals surface area (Å²) in [5.41, 5.74) is 0. The summed E-state index contributed by atoms with van der Waals surface area (Å²) in [6.07, 6.45) is 4.04. The summed E-state index contributed by atoms with van der Waals surface area (Å²) in [7, 11) is 0.266. The monoisotopic (exact) mass is 291 g/mol. The van der Waals surface area contributed by atoms with E-state index in [2.05, 4.69) is 19.2 Å². The molecule has 6 heteroatoms. The van der Waals surface area contributed by atoms with Crippen molar-refractivity contribution in [2.75, 3.05) is 33.7 Å². The third kappa shape index (κ3) is 4.41. The summed E-state index contributed by atoms with van der Waals surface area (Å²) in [6, 6.07) is 0.100. The van der Waals surface area contributed by atoms with Gasteiger partial charge in [0.05, 0.1) is 0 Å². The topological polar surface area (TPSA) is 52.7 Å². The van der Waals surface area contributed by atoms with Crippen LogP contribution in [0.3, 0.4) is 0 Å². The van der Waals surface area contributed by atoms with Crippen molar-refractivity contribution in [3.8, 4) is 0 Å². The Kier molecular flexibility index (Phi) is 6.73. The molecule has 0 radical (unpaired) electrons. The van der Waals surface area contributed by atoms with Gasteiger partial charge in [0.25, 0.3) is 10.2 Å². The van der Waals surface area contributed by atoms with Crippen molar-refractivity contribution >= 4 is 10.2 Å². The molecule has 2 atom stereocenters. The van der Waals surface area contributed by atoms with E-state index >= 15 is 0 Å². The normalized spacial score (nSPS) is 23.7. The molecule has 114 valence electrons. The van der Waals surface area contributed by atoms with E-state index in [4.69, 9.17) is 0 Å². The van der Waals surface area contributed by atoms with Crippen molar-refractivity contribution in [3.63, 3.8) is 0 Å². The van der Waals surface area contributed by atoms with Crippen LogP contribution >= 0.6 is 0 Å². The lowest BCUT2D eigenvalue weighted by atomic mass is 10.1. The van der Waals surface area contributed by atoms with Gasteiger partial charge in [0.15, 0.2) is 0 Å². The third-order valence-electron chi connectivity index (χ3n) is 3.97. The summed E-state index contributed by atoms with van der Waals surface area (Å²) in [5, 5.41) is 3.11. The van der Waals surface area contributed by atoms with Gasteiger partial charge in [0.1, 0.15) is 0 Å². The minimum Gasteiger partial charge on any atom is -0.318 e. The Labute approximate surface area is 118 Å². The van der Waals surface area contributed by atoms with Gasteiger partial charge in [0, 0.05) is 32.7 Å². The molecule has 19 heavy (non-hydrogen) atoms. The predicted molar refractivity (Wildman–Crippen MR) is 79.3 cm³/mol. The first-order valence-electron chi connectivity index (χ1n) is 7.31. The number of piperidine rings is 1. The maximum absolute atomic E-state index is 12.6. The minimum atomic E-state index is -3.31. The molecule has 1 N–H and O–H groups in total. The highest BCUT2D eigenvalue weighted by atomic mass is 32.2. The van der Waals surface area contributed by atoms with Crippen LogP contribution in [0.4, 0.5) is 0 Å². The molecule has 0 bridgehead atoms. The highest BCUT2D eigenvalue weighted by Gasteiger charge is 2.34. The molecular weight excluding hydrogens is 262 g/mol. The summed E-state index contributed by atoms with van der Waals surface area (Å²) in [4.78, 5) is 0. The van der Waals surface area contributed by atoms with Crippen LogP contribution in [-0.2, 0) is 10.2 Å². The van der Waals surface area contributed by atoms with Crippen molar-refractivity contribution in [2.45, 2.75) is 45.6 Å². The van der Waals surface area contributed by atoms with Gasteiger partial charge < -0.3 is 5.32 Å². The fraction of sp³-hybridized carbons (Fsp3) is 1.00. The van der Waals surface area contributed by atoms with Crippen LogP contribution in [0.2, 0.25) is 0 Å². The van der Waals surface area contributed by atoms with Gasteiger partial charge in [-0.15, -0.1) is 0 Å². The average molecular weight is 291 g/mol. The van der Waals surface area contributed by atoms with Gasteiger partial charge in [-0.2, -0.15) is 17.0 Å². The summed E-state index contributed by atoms with van der Waals surface area (Å²) in [5.74, 6) is 0.396. The zero-order valence-electron chi connectivity index (χ0n) is 12.7. The Morgan fingerprint density at radius 1 is 1.42 bits per heavy atom. The molecule has 1 aliphatic heterocycles. The van der Waals surface area contributed by atoms with E-state index in [-0.39, 0.29) is 6.04 Å². The predicted octanol–water partition coefficient (Wildman–Crippen LogP) is 1.28. The average Bonchev–Trinajstić information content (AvgIpc) is 2.39. The van der Waals surface area contributed by atoms with Crippen molar-refractivity contribution in [2.24, 2.45) is 5.92 Å². The third-order valence-corrected chi connectivity index (χ3v) is 5.98. The standard InChI is InChI=1S/C13H29N3O2S/c1-5-12(2)11-15(4)19(17,18)16-9-7-6-8-13(16)10-14-3/h12-14H,5-11H2,1-4H3. The summed E-state index contributed by atoms with van der Waals surface area (Å²) in [6.45, 7) is 6.17. The second-order valence-electron chi connectivity index (χ2n) is 5.62. The fourth-order valence-electron chi connectivity index (χ4n) is 2.56. The number of nitrogens with zero attached hydrogens (tertiary/aromatic N) is 2. The molecule has 1 aliphatic rings. The zero-order valence-corrected chi connectivity index (χ0v) is 13.5. The molecule has 0 saturated carbocycles. The summed E-state index contributed by atoms with van der Waals surface area (Å²) >= 11 is 0. The highest BCUT2D eigenvalue weighted by molar-refractivity contribution is 7.86. The lowest BCUT2D eigenvalue weighted by Gasteiger charge is -2.37. The number of likely N-dealkylation sites (N-methyl/N-ethyl adjacent to an activating group) is 1. The number of rotatable bonds is 7. The van der Waals surface area contributed by atoms with E-state index in [9.17, 15) is 8.42 Å². The van der Waals surface area contributed by atoms with E-state index in [0.717, 1.165) is 32.2 Å². The van der Waals surface area contributed by atoms with Gasteiger partial charge in [-0.25, -0.2) is 0 Å². The van der Waals surface area contributed by atoms with E-state index in [1.807, 2.05) is 7.05 Å². The van der Waals surface area contributed by atoms with Crippen LogP contribution in [-0.4, -0.2) is 56.8 Å². The maximum Gasteiger partial charge on any atom is 0.282 e. The van der Waals surface area contributed by atoms with Crippen LogP contribution < -0.4 is 5.32 Å². The van der Waals surface area contributed by atoms with Crippen molar-refractivity contribution < 1.29 is 8.42 Å². The zero-order chi connectivity index (χ0) is 14.5. The molecule has 0 aromatic heterocycles. The lowest BCUT2D eigenvalue weighted by molar-refractivity contribution is 0.229. The van der Waals surface area contributed by atoms with E-state index in [0.29, 0.717) is 19.0 Å². The first-order valence-corrected chi connectivity index (χ1v) is 8.70. The Balaban J connectivity index is 2.78. The number of hydrogen-bond donors (Lipinski definition) is 1. The smallest absolute Gasteiger partial charge is 0.282 e. The van der Waals surface area contributed by atoms with Gasteiger partial charge >= 0.3 is 0 Å². The van der Waals surface area contributed by atoms with Crippen LogP contribution in [0.15, 0.2) is 0 Å². The quantitative estimate of drug-likeness (QED) is 0.769. The van der Waals surface area contributed by atoms with Gasteiger partial charge in [-0.05, 0) is 25.8 Å². The molecule has 0 aromatic carbocycles. The minimum absolute atomic E-state index is 0.100. The Bertz CT molecular complexity index is 357. The fourth-order valence-corrected chi connectivity index (χ4v) is 4.28. The molecule has 0 aromatic rings. The maximum atomic E-state index is 12.6. The lowest BCUT2D eigenvalue weighted by Crippen LogP contribution is -2.53. The van der Waals surface area contributed by atoms with Gasteiger partial charge in [-0.1, -0.05) is 26.7 Å². The summed E-state index contributed by atoms with van der Waals surface area (Å²) < 4.78 is 28.5. The van der Waals surface area contributed by atoms with Crippen molar-refractivity contribution in [1.82, 2.24) is 13.9 Å². The molecule has 0 spiro atoms. The second kappa shape index (κ2) is 7.57. The first-order chi connectivity index (χ1) is 8.93. The van der Waals surface area contributed by atoms with E-state index in [1.54, 1.807) is 11.4 Å². The van der Waals surface area contributed by atoms with Gasteiger partial charge in [-0.3, -0.25) is 0 Å². The Morgan fingerprint density at radius 2 is 2.11 bits per heavy atom. The first kappa shape index (κ1) is 16.9. The Hall–Kier alpha value is -0.170.